The van der Waals surface area contributed by atoms with Gasteiger partial charge in [-0.1, -0.05) is 89.4 Å². The molecule has 2 amide bonds. The van der Waals surface area contributed by atoms with Crippen molar-refractivity contribution >= 4 is 35.0 Å². The highest BCUT2D eigenvalue weighted by Crippen LogP contribution is 2.27. The van der Waals surface area contributed by atoms with E-state index in [1.807, 2.05) is 61.5 Å². The van der Waals surface area contributed by atoms with Crippen LogP contribution in [-0.4, -0.2) is 29.8 Å². The number of amides is 2. The van der Waals surface area contributed by atoms with E-state index >= 15 is 0 Å². The van der Waals surface area contributed by atoms with Gasteiger partial charge >= 0.3 is 0 Å². The number of carbonyl (C=O) groups excluding carboxylic acids is 2. The van der Waals surface area contributed by atoms with E-state index in [0.29, 0.717) is 22.0 Å². The van der Waals surface area contributed by atoms with E-state index in [2.05, 4.69) is 5.32 Å². The Hall–Kier alpha value is -2.82. The van der Waals surface area contributed by atoms with Crippen molar-refractivity contribution in [1.29, 1.82) is 0 Å². The number of hydrogen-bond acceptors (Lipinski definition) is 2. The lowest BCUT2D eigenvalue weighted by atomic mass is 10.0. The minimum Gasteiger partial charge on any atom is -0.357 e. The van der Waals surface area contributed by atoms with Crippen molar-refractivity contribution in [3.63, 3.8) is 0 Å². The van der Waals surface area contributed by atoms with Crippen LogP contribution >= 0.6 is 23.2 Å². The summed E-state index contributed by atoms with van der Waals surface area (Å²) in [5.41, 5.74) is 3.58. The summed E-state index contributed by atoms with van der Waals surface area (Å²) in [4.78, 5) is 28.1. The van der Waals surface area contributed by atoms with Gasteiger partial charge in [0.1, 0.15) is 6.04 Å². The molecule has 32 heavy (non-hydrogen) atoms. The molecule has 6 heteroatoms. The summed E-state index contributed by atoms with van der Waals surface area (Å²) < 4.78 is 0. The molecule has 3 aromatic carbocycles. The van der Waals surface area contributed by atoms with Gasteiger partial charge in [0.15, 0.2) is 0 Å². The minimum absolute atomic E-state index is 0.133. The summed E-state index contributed by atoms with van der Waals surface area (Å²) in [6.07, 6.45) is 0.548. The van der Waals surface area contributed by atoms with E-state index in [0.717, 1.165) is 16.7 Å². The van der Waals surface area contributed by atoms with Gasteiger partial charge in [-0.15, -0.1) is 0 Å². The number of rotatable bonds is 8. The van der Waals surface area contributed by atoms with E-state index in [1.165, 1.54) is 0 Å². The lowest BCUT2D eigenvalue weighted by Crippen LogP contribution is -2.50. The van der Waals surface area contributed by atoms with Crippen LogP contribution in [0.25, 0.3) is 0 Å². The van der Waals surface area contributed by atoms with Crippen LogP contribution in [0, 0.1) is 6.92 Å². The van der Waals surface area contributed by atoms with Crippen LogP contribution < -0.4 is 5.32 Å². The standard InChI is InChI=1S/C26H26Cl2N2O2/c1-18-11-13-20(14-12-18)16-25(31)30(17-21-22(27)9-6-10-23(21)28)24(26(32)29-2)15-19-7-4-3-5-8-19/h3-14,24H,15-17H2,1-2H3,(H,29,32). The molecule has 0 saturated heterocycles. The number of aryl methyl sites for hydroxylation is 1. The SMILES string of the molecule is CNC(=O)C(Cc1ccccc1)N(Cc1c(Cl)cccc1Cl)C(=O)Cc1ccc(C)cc1. The molecule has 0 aliphatic carbocycles. The van der Waals surface area contributed by atoms with E-state index in [4.69, 9.17) is 23.2 Å². The summed E-state index contributed by atoms with van der Waals surface area (Å²) in [6.45, 7) is 2.13. The van der Waals surface area contributed by atoms with Gasteiger partial charge in [0.05, 0.1) is 6.42 Å². The predicted octanol–water partition coefficient (Wildman–Crippen LogP) is 5.23. The first-order chi connectivity index (χ1) is 15.4. The Kier molecular flexibility index (Phi) is 8.32. The quantitative estimate of drug-likeness (QED) is 0.491. The normalized spacial score (nSPS) is 11.6. The summed E-state index contributed by atoms with van der Waals surface area (Å²) >= 11 is 12.8. The maximum absolute atomic E-state index is 13.5. The third kappa shape index (κ3) is 6.12. The first-order valence-electron chi connectivity index (χ1n) is 10.4. The molecule has 4 nitrogen and oxygen atoms in total. The lowest BCUT2D eigenvalue weighted by Gasteiger charge is -2.32. The number of benzene rings is 3. The molecule has 3 rings (SSSR count). The zero-order chi connectivity index (χ0) is 23.1. The molecule has 1 unspecified atom stereocenters. The summed E-state index contributed by atoms with van der Waals surface area (Å²) in [6, 6.07) is 22.0. The lowest BCUT2D eigenvalue weighted by molar-refractivity contribution is -0.140. The second kappa shape index (κ2) is 11.2. The Labute approximate surface area is 199 Å². The minimum atomic E-state index is -0.715. The summed E-state index contributed by atoms with van der Waals surface area (Å²) in [7, 11) is 1.57. The highest BCUT2D eigenvalue weighted by atomic mass is 35.5. The van der Waals surface area contributed by atoms with Crippen LogP contribution in [0.3, 0.4) is 0 Å². The second-order valence-corrected chi connectivity index (χ2v) is 8.52. The molecule has 0 fully saturated rings. The molecule has 0 bridgehead atoms. The monoisotopic (exact) mass is 468 g/mol. The highest BCUT2D eigenvalue weighted by molar-refractivity contribution is 6.36. The smallest absolute Gasteiger partial charge is 0.242 e. The summed E-state index contributed by atoms with van der Waals surface area (Å²) in [5, 5.41) is 3.63. The Morgan fingerprint density at radius 2 is 1.50 bits per heavy atom. The maximum Gasteiger partial charge on any atom is 0.242 e. The van der Waals surface area contributed by atoms with Crippen LogP contribution in [0.1, 0.15) is 22.3 Å². The van der Waals surface area contributed by atoms with E-state index in [1.54, 1.807) is 30.1 Å². The van der Waals surface area contributed by atoms with E-state index < -0.39 is 6.04 Å². The van der Waals surface area contributed by atoms with Crippen LogP contribution in [0.15, 0.2) is 72.8 Å². The van der Waals surface area contributed by atoms with Crippen molar-refractivity contribution in [1.82, 2.24) is 10.2 Å². The Bertz CT molecular complexity index is 1050. The van der Waals surface area contributed by atoms with Crippen molar-refractivity contribution < 1.29 is 9.59 Å². The molecular weight excluding hydrogens is 443 g/mol. The molecule has 3 aromatic rings. The van der Waals surface area contributed by atoms with Gasteiger partial charge in [0.2, 0.25) is 11.8 Å². The number of halogens is 2. The number of nitrogens with zero attached hydrogens (tertiary/aromatic N) is 1. The molecule has 0 aliphatic rings. The van der Waals surface area contributed by atoms with E-state index in [-0.39, 0.29) is 24.8 Å². The molecule has 1 atom stereocenters. The number of hydrogen-bond donors (Lipinski definition) is 1. The Morgan fingerprint density at radius 3 is 2.09 bits per heavy atom. The predicted molar refractivity (Wildman–Crippen MR) is 130 cm³/mol. The third-order valence-corrected chi connectivity index (χ3v) is 6.09. The van der Waals surface area contributed by atoms with Crippen LogP contribution in [0.4, 0.5) is 0 Å². The molecule has 0 spiro atoms. The molecule has 0 heterocycles. The molecular formula is C26H26Cl2N2O2. The van der Waals surface area contributed by atoms with Crippen LogP contribution in [0.2, 0.25) is 10.0 Å². The van der Waals surface area contributed by atoms with Gasteiger partial charge in [0.25, 0.3) is 0 Å². The first-order valence-corrected chi connectivity index (χ1v) is 11.2. The fourth-order valence-corrected chi connectivity index (χ4v) is 4.07. The van der Waals surface area contributed by atoms with Crippen molar-refractivity contribution in [2.45, 2.75) is 32.4 Å². The van der Waals surface area contributed by atoms with Gasteiger partial charge in [-0.3, -0.25) is 9.59 Å². The average molecular weight is 469 g/mol. The van der Waals surface area contributed by atoms with Crippen molar-refractivity contribution in [2.75, 3.05) is 7.05 Å². The van der Waals surface area contributed by atoms with Gasteiger partial charge < -0.3 is 10.2 Å². The molecule has 1 N–H and O–H groups in total. The topological polar surface area (TPSA) is 49.4 Å². The number of nitrogens with one attached hydrogen (secondary N) is 1. The van der Waals surface area contributed by atoms with Gasteiger partial charge in [-0.25, -0.2) is 0 Å². The van der Waals surface area contributed by atoms with Crippen LogP contribution in [-0.2, 0) is 29.0 Å². The van der Waals surface area contributed by atoms with Crippen molar-refractivity contribution in [3.8, 4) is 0 Å². The zero-order valence-electron chi connectivity index (χ0n) is 18.1. The Balaban J connectivity index is 1.98. The third-order valence-electron chi connectivity index (χ3n) is 5.38. The van der Waals surface area contributed by atoms with Gasteiger partial charge in [-0.05, 0) is 30.2 Å². The maximum atomic E-state index is 13.5. The van der Waals surface area contributed by atoms with Crippen LogP contribution in [0.5, 0.6) is 0 Å². The molecule has 0 radical (unpaired) electrons. The number of likely N-dealkylation sites (N-methyl/N-ethyl adjacent to an activating group) is 1. The van der Waals surface area contributed by atoms with Crippen molar-refractivity contribution in [2.24, 2.45) is 0 Å². The van der Waals surface area contributed by atoms with Gasteiger partial charge in [-0.2, -0.15) is 0 Å². The zero-order valence-corrected chi connectivity index (χ0v) is 19.7. The largest absolute Gasteiger partial charge is 0.357 e. The van der Waals surface area contributed by atoms with E-state index in [9.17, 15) is 9.59 Å². The fourth-order valence-electron chi connectivity index (χ4n) is 3.56. The second-order valence-electron chi connectivity index (χ2n) is 7.70. The average Bonchev–Trinajstić information content (AvgIpc) is 2.79. The highest BCUT2D eigenvalue weighted by Gasteiger charge is 2.30. The number of carbonyl (C=O) groups is 2. The Morgan fingerprint density at radius 1 is 0.875 bits per heavy atom. The summed E-state index contributed by atoms with van der Waals surface area (Å²) in [5.74, 6) is -0.413. The van der Waals surface area contributed by atoms with Crippen molar-refractivity contribution in [3.05, 3.63) is 105 Å². The van der Waals surface area contributed by atoms with Gasteiger partial charge in [0, 0.05) is 35.6 Å². The molecule has 0 saturated carbocycles. The fraction of sp³-hybridized carbons (Fsp3) is 0.231. The molecule has 166 valence electrons. The molecule has 0 aromatic heterocycles. The first kappa shape index (κ1) is 23.8. The molecule has 0 aliphatic heterocycles.